The Labute approximate surface area is 128 Å². The predicted octanol–water partition coefficient (Wildman–Crippen LogP) is 3.23. The molecule has 0 radical (unpaired) electrons. The molecule has 1 unspecified atom stereocenters. The molecule has 2 aromatic rings. The first-order valence-corrected chi connectivity index (χ1v) is 7.08. The van der Waals surface area contributed by atoms with Crippen molar-refractivity contribution in [2.24, 2.45) is 5.41 Å². The number of hydrogen-bond donors (Lipinski definition) is 1. The van der Waals surface area contributed by atoms with E-state index in [1.54, 1.807) is 31.7 Å². The van der Waals surface area contributed by atoms with Crippen molar-refractivity contribution in [3.8, 4) is 11.3 Å². The topological polar surface area (TPSA) is 68.0 Å². The molecule has 1 aliphatic rings. The third-order valence-corrected chi connectivity index (χ3v) is 4.00. The summed E-state index contributed by atoms with van der Waals surface area (Å²) < 4.78 is 1.87. The van der Waals surface area contributed by atoms with Crippen LogP contribution in [0.25, 0.3) is 17.0 Å². The van der Waals surface area contributed by atoms with Crippen LogP contribution in [0.1, 0.15) is 20.3 Å². The quantitative estimate of drug-likeness (QED) is 0.944. The first-order valence-electron chi connectivity index (χ1n) is 7.08. The standard InChI is InChI=1S/C17H17N3O2/c1-12-5-6-17(2,16(21)22)8-15(12)20-10-14(19-11-20)13-4-3-7-18-9-13/h3-5,7-11H,6H2,1-2H3,(H,21,22). The minimum absolute atomic E-state index is 0.502. The van der Waals surface area contributed by atoms with Gasteiger partial charge in [-0.1, -0.05) is 6.08 Å². The summed E-state index contributed by atoms with van der Waals surface area (Å²) in [5.41, 5.74) is 2.77. The van der Waals surface area contributed by atoms with Gasteiger partial charge >= 0.3 is 5.97 Å². The number of pyridine rings is 1. The van der Waals surface area contributed by atoms with Crippen molar-refractivity contribution in [1.82, 2.24) is 14.5 Å². The van der Waals surface area contributed by atoms with Gasteiger partial charge in [0.25, 0.3) is 0 Å². The van der Waals surface area contributed by atoms with E-state index in [2.05, 4.69) is 9.97 Å². The number of aromatic nitrogens is 3. The average Bonchev–Trinajstić information content (AvgIpc) is 3.00. The Bertz CT molecular complexity index is 774. The third kappa shape index (κ3) is 2.45. The highest BCUT2D eigenvalue weighted by molar-refractivity contribution is 5.82. The number of aliphatic carboxylic acids is 1. The lowest BCUT2D eigenvalue weighted by atomic mass is 9.81. The van der Waals surface area contributed by atoms with Crippen molar-refractivity contribution >= 4 is 11.7 Å². The molecular formula is C17H17N3O2. The van der Waals surface area contributed by atoms with Crippen LogP contribution < -0.4 is 0 Å². The lowest BCUT2D eigenvalue weighted by molar-refractivity contribution is -0.145. The van der Waals surface area contributed by atoms with E-state index in [9.17, 15) is 9.90 Å². The molecule has 5 nitrogen and oxygen atoms in total. The second kappa shape index (κ2) is 5.26. The molecule has 0 saturated heterocycles. The largest absolute Gasteiger partial charge is 0.481 e. The number of nitrogens with zero attached hydrogens (tertiary/aromatic N) is 3. The van der Waals surface area contributed by atoms with E-state index in [4.69, 9.17) is 0 Å². The zero-order valence-corrected chi connectivity index (χ0v) is 12.5. The first kappa shape index (κ1) is 14.3. The van der Waals surface area contributed by atoms with Gasteiger partial charge in [-0.25, -0.2) is 4.98 Å². The molecule has 0 aromatic carbocycles. The van der Waals surface area contributed by atoms with Crippen LogP contribution in [0.3, 0.4) is 0 Å². The van der Waals surface area contributed by atoms with Gasteiger partial charge in [-0.3, -0.25) is 9.78 Å². The van der Waals surface area contributed by atoms with Crippen LogP contribution in [-0.4, -0.2) is 25.6 Å². The Morgan fingerprint density at radius 2 is 2.27 bits per heavy atom. The summed E-state index contributed by atoms with van der Waals surface area (Å²) in [6, 6.07) is 3.81. The minimum atomic E-state index is -0.881. The molecule has 0 bridgehead atoms. The third-order valence-electron chi connectivity index (χ3n) is 4.00. The van der Waals surface area contributed by atoms with Crippen molar-refractivity contribution in [3.05, 3.63) is 54.8 Å². The van der Waals surface area contributed by atoms with Crippen molar-refractivity contribution in [2.45, 2.75) is 20.3 Å². The van der Waals surface area contributed by atoms with Crippen LogP contribution >= 0.6 is 0 Å². The monoisotopic (exact) mass is 295 g/mol. The van der Waals surface area contributed by atoms with E-state index in [1.807, 2.05) is 35.9 Å². The number of carboxylic acid groups (broad SMARTS) is 1. The van der Waals surface area contributed by atoms with E-state index >= 15 is 0 Å². The van der Waals surface area contributed by atoms with E-state index in [1.165, 1.54) is 0 Å². The molecule has 112 valence electrons. The van der Waals surface area contributed by atoms with Gasteiger partial charge in [0, 0.05) is 29.9 Å². The van der Waals surface area contributed by atoms with Crippen LogP contribution in [0.4, 0.5) is 0 Å². The highest BCUT2D eigenvalue weighted by atomic mass is 16.4. The van der Waals surface area contributed by atoms with Crippen molar-refractivity contribution in [2.75, 3.05) is 0 Å². The second-order valence-corrected chi connectivity index (χ2v) is 5.75. The predicted molar refractivity (Wildman–Crippen MR) is 83.8 cm³/mol. The Hall–Kier alpha value is -2.69. The molecular weight excluding hydrogens is 278 g/mol. The van der Waals surface area contributed by atoms with Crippen molar-refractivity contribution in [1.29, 1.82) is 0 Å². The smallest absolute Gasteiger partial charge is 0.313 e. The Morgan fingerprint density at radius 3 is 2.95 bits per heavy atom. The van der Waals surface area contributed by atoms with Gasteiger partial charge in [0.1, 0.15) is 0 Å². The Morgan fingerprint density at radius 1 is 1.45 bits per heavy atom. The summed E-state index contributed by atoms with van der Waals surface area (Å²) in [6.45, 7) is 3.72. The second-order valence-electron chi connectivity index (χ2n) is 5.75. The summed E-state index contributed by atoms with van der Waals surface area (Å²) >= 11 is 0. The number of carbonyl (C=O) groups is 1. The minimum Gasteiger partial charge on any atom is -0.481 e. The molecule has 0 amide bonds. The summed E-state index contributed by atoms with van der Waals surface area (Å²) in [6.07, 6.45) is 11.3. The SMILES string of the molecule is CC1=CCC(C)(C(=O)O)C=C1n1cnc(-c2cccnc2)c1. The summed E-state index contributed by atoms with van der Waals surface area (Å²) in [5.74, 6) is -0.818. The maximum Gasteiger partial charge on any atom is 0.313 e. The fourth-order valence-electron chi connectivity index (χ4n) is 2.49. The molecule has 0 spiro atoms. The summed E-state index contributed by atoms with van der Waals surface area (Å²) in [5, 5.41) is 9.42. The molecule has 1 atom stereocenters. The highest BCUT2D eigenvalue weighted by Crippen LogP contribution is 2.35. The van der Waals surface area contributed by atoms with Gasteiger partial charge in [-0.05, 0) is 44.1 Å². The normalized spacial score (nSPS) is 21.2. The highest BCUT2D eigenvalue weighted by Gasteiger charge is 2.33. The van der Waals surface area contributed by atoms with Gasteiger partial charge in [0.2, 0.25) is 0 Å². The lowest BCUT2D eigenvalue weighted by Gasteiger charge is -2.26. The molecule has 0 fully saturated rings. The molecule has 0 aliphatic heterocycles. The number of allylic oxidation sites excluding steroid dienone is 3. The molecule has 3 rings (SSSR count). The van der Waals surface area contributed by atoms with Crippen LogP contribution in [0, 0.1) is 5.41 Å². The van der Waals surface area contributed by atoms with Crippen molar-refractivity contribution in [3.63, 3.8) is 0 Å². The average molecular weight is 295 g/mol. The zero-order valence-electron chi connectivity index (χ0n) is 12.5. The molecule has 1 aliphatic carbocycles. The fourth-order valence-corrected chi connectivity index (χ4v) is 2.49. The summed E-state index contributed by atoms with van der Waals surface area (Å²) in [7, 11) is 0. The molecule has 5 heteroatoms. The maximum absolute atomic E-state index is 11.5. The number of hydrogen-bond acceptors (Lipinski definition) is 3. The van der Waals surface area contributed by atoms with Crippen LogP contribution in [0.5, 0.6) is 0 Å². The Balaban J connectivity index is 2.00. The van der Waals surface area contributed by atoms with E-state index in [-0.39, 0.29) is 0 Å². The van der Waals surface area contributed by atoms with E-state index < -0.39 is 11.4 Å². The molecule has 2 aromatic heterocycles. The van der Waals surface area contributed by atoms with Gasteiger partial charge in [0.05, 0.1) is 17.4 Å². The number of rotatable bonds is 3. The molecule has 1 N–H and O–H groups in total. The van der Waals surface area contributed by atoms with Gasteiger partial charge < -0.3 is 9.67 Å². The van der Waals surface area contributed by atoms with Gasteiger partial charge in [-0.2, -0.15) is 0 Å². The zero-order chi connectivity index (χ0) is 15.7. The van der Waals surface area contributed by atoms with Crippen LogP contribution in [0.2, 0.25) is 0 Å². The van der Waals surface area contributed by atoms with Gasteiger partial charge in [0.15, 0.2) is 0 Å². The number of imidazole rings is 1. The molecule has 2 heterocycles. The van der Waals surface area contributed by atoms with Crippen LogP contribution in [0.15, 0.2) is 54.8 Å². The van der Waals surface area contributed by atoms with Crippen molar-refractivity contribution < 1.29 is 9.90 Å². The fraction of sp³-hybridized carbons (Fsp3) is 0.235. The Kier molecular flexibility index (Phi) is 3.41. The van der Waals surface area contributed by atoms with Crippen LogP contribution in [-0.2, 0) is 4.79 Å². The van der Waals surface area contributed by atoms with E-state index in [0.29, 0.717) is 6.42 Å². The molecule has 0 saturated carbocycles. The molecule has 22 heavy (non-hydrogen) atoms. The maximum atomic E-state index is 11.5. The summed E-state index contributed by atoms with van der Waals surface area (Å²) in [4.78, 5) is 20.0. The first-order chi connectivity index (χ1) is 10.5. The lowest BCUT2D eigenvalue weighted by Crippen LogP contribution is -2.27. The van der Waals surface area contributed by atoms with E-state index in [0.717, 1.165) is 22.5 Å². The number of carboxylic acids is 1. The van der Waals surface area contributed by atoms with Gasteiger partial charge in [-0.15, -0.1) is 0 Å².